The SMILES string of the molecule is CC(C)[n+]1cn(-c2cc(-n3c[n+](C(C)C)c4cccnc43)cc(C(F)(F)F)c2)c2ncccc21. The molecule has 0 atom stereocenters. The van der Waals surface area contributed by atoms with Crippen molar-refractivity contribution >= 4 is 22.3 Å². The molecule has 0 saturated heterocycles. The Hall–Kier alpha value is -3.75. The van der Waals surface area contributed by atoms with E-state index in [1.807, 2.05) is 73.7 Å². The van der Waals surface area contributed by atoms with Crippen LogP contribution in [0.5, 0.6) is 0 Å². The van der Waals surface area contributed by atoms with Crippen molar-refractivity contribution in [1.82, 2.24) is 19.1 Å². The fraction of sp³-hybridized carbons (Fsp3) is 0.280. The largest absolute Gasteiger partial charge is 0.416 e. The average Bonchev–Trinajstić information content (AvgIpc) is 3.38. The van der Waals surface area contributed by atoms with Gasteiger partial charge in [0, 0.05) is 18.5 Å². The Labute approximate surface area is 194 Å². The third-order valence-corrected chi connectivity index (χ3v) is 5.92. The quantitative estimate of drug-likeness (QED) is 0.345. The van der Waals surface area contributed by atoms with Gasteiger partial charge in [0.1, 0.15) is 11.4 Å². The molecular formula is C25H25F3N6+2. The molecule has 0 aliphatic carbocycles. The van der Waals surface area contributed by atoms with Crippen molar-refractivity contribution in [3.8, 4) is 11.4 Å². The maximum atomic E-state index is 14.0. The van der Waals surface area contributed by atoms with Gasteiger partial charge in [-0.1, -0.05) is 0 Å². The van der Waals surface area contributed by atoms with Crippen LogP contribution in [-0.2, 0) is 6.18 Å². The Kier molecular flexibility index (Phi) is 5.15. The van der Waals surface area contributed by atoms with Crippen molar-refractivity contribution in [2.75, 3.05) is 0 Å². The number of alkyl halides is 3. The van der Waals surface area contributed by atoms with Gasteiger partial charge in [-0.3, -0.25) is 0 Å². The molecule has 4 heterocycles. The Morgan fingerprint density at radius 1 is 0.735 bits per heavy atom. The number of rotatable bonds is 4. The van der Waals surface area contributed by atoms with Gasteiger partial charge in [0.25, 0.3) is 23.9 Å². The van der Waals surface area contributed by atoms with Crippen molar-refractivity contribution in [1.29, 1.82) is 0 Å². The van der Waals surface area contributed by atoms with Crippen LogP contribution in [0.4, 0.5) is 13.2 Å². The van der Waals surface area contributed by atoms with Crippen molar-refractivity contribution in [2.45, 2.75) is 46.0 Å². The zero-order valence-corrected chi connectivity index (χ0v) is 19.3. The summed E-state index contributed by atoms with van der Waals surface area (Å²) in [5, 5.41) is 0. The molecule has 0 aliphatic heterocycles. The molecule has 1 aromatic carbocycles. The number of pyridine rings is 2. The van der Waals surface area contributed by atoms with E-state index in [2.05, 4.69) is 9.97 Å². The van der Waals surface area contributed by atoms with E-state index >= 15 is 0 Å². The zero-order chi connectivity index (χ0) is 24.2. The number of imidazole rings is 2. The first-order chi connectivity index (χ1) is 16.1. The first-order valence-corrected chi connectivity index (χ1v) is 11.1. The number of fused-ring (bicyclic) bond motifs is 2. The highest BCUT2D eigenvalue weighted by molar-refractivity contribution is 5.72. The van der Waals surface area contributed by atoms with Gasteiger partial charge in [0.05, 0.1) is 17.6 Å². The highest BCUT2D eigenvalue weighted by Crippen LogP contribution is 2.33. The Bertz CT molecular complexity index is 1410. The van der Waals surface area contributed by atoms with Gasteiger partial charge in [-0.15, -0.1) is 0 Å². The fourth-order valence-corrected chi connectivity index (χ4v) is 4.27. The highest BCUT2D eigenvalue weighted by Gasteiger charge is 2.34. The second-order valence-corrected chi connectivity index (χ2v) is 8.90. The standard InChI is InChI=1S/C25H25F3N6/c1-16(2)31-14-33(23-21(31)7-5-9-29-23)19-11-18(25(26,27)28)12-20(13-19)34-15-32(17(3)4)22-8-6-10-30-24(22)34/h5-17H,1-4H3/q+2. The Balaban J connectivity index is 1.81. The molecule has 5 rings (SSSR count). The van der Waals surface area contributed by atoms with Crippen molar-refractivity contribution < 1.29 is 22.3 Å². The van der Waals surface area contributed by atoms with E-state index in [1.54, 1.807) is 27.6 Å². The molecule has 4 aromatic heterocycles. The lowest BCUT2D eigenvalue weighted by molar-refractivity contribution is -0.692. The van der Waals surface area contributed by atoms with Gasteiger partial charge in [-0.25, -0.2) is 19.1 Å². The molecule has 5 aromatic rings. The summed E-state index contributed by atoms with van der Waals surface area (Å²) in [5.41, 5.74) is 2.90. The van der Waals surface area contributed by atoms with Crippen molar-refractivity contribution in [3.63, 3.8) is 0 Å². The molecule has 0 amide bonds. The minimum Gasteiger partial charge on any atom is -0.226 e. The lowest BCUT2D eigenvalue weighted by Crippen LogP contribution is -2.34. The summed E-state index contributed by atoms with van der Waals surface area (Å²) in [6.45, 7) is 8.10. The number of halogens is 3. The molecule has 0 N–H and O–H groups in total. The van der Waals surface area contributed by atoms with Gasteiger partial charge in [0.15, 0.2) is 11.0 Å². The van der Waals surface area contributed by atoms with Gasteiger partial charge < -0.3 is 0 Å². The smallest absolute Gasteiger partial charge is 0.226 e. The van der Waals surface area contributed by atoms with Crippen LogP contribution in [0, 0.1) is 0 Å². The summed E-state index contributed by atoms with van der Waals surface area (Å²) >= 11 is 0. The molecule has 174 valence electrons. The van der Waals surface area contributed by atoms with Crippen LogP contribution < -0.4 is 9.13 Å². The lowest BCUT2D eigenvalue weighted by Gasteiger charge is -2.09. The summed E-state index contributed by atoms with van der Waals surface area (Å²) in [6, 6.07) is 11.8. The number of nitrogens with zero attached hydrogens (tertiary/aromatic N) is 6. The van der Waals surface area contributed by atoms with Gasteiger partial charge in [-0.05, 0) is 64.1 Å². The van der Waals surface area contributed by atoms with E-state index in [0.29, 0.717) is 22.7 Å². The third-order valence-electron chi connectivity index (χ3n) is 5.92. The summed E-state index contributed by atoms with van der Waals surface area (Å²) in [4.78, 5) is 8.94. The number of aromatic nitrogens is 6. The minimum atomic E-state index is -4.51. The van der Waals surface area contributed by atoms with E-state index in [1.165, 1.54) is 0 Å². The summed E-state index contributed by atoms with van der Waals surface area (Å²) in [5.74, 6) is 0. The molecule has 34 heavy (non-hydrogen) atoms. The van der Waals surface area contributed by atoms with Gasteiger partial charge in [-0.2, -0.15) is 22.3 Å². The Morgan fingerprint density at radius 3 is 1.56 bits per heavy atom. The number of hydrogen-bond donors (Lipinski definition) is 0. The van der Waals surface area contributed by atoms with Crippen LogP contribution in [0.25, 0.3) is 33.7 Å². The Morgan fingerprint density at radius 2 is 1.18 bits per heavy atom. The molecule has 0 radical (unpaired) electrons. The molecule has 0 spiro atoms. The summed E-state index contributed by atoms with van der Waals surface area (Å²) in [6.07, 6.45) is 2.39. The molecular weight excluding hydrogens is 441 g/mol. The van der Waals surface area contributed by atoms with Crippen LogP contribution in [0.3, 0.4) is 0 Å². The maximum absolute atomic E-state index is 14.0. The van der Waals surface area contributed by atoms with E-state index in [9.17, 15) is 13.2 Å². The second-order valence-electron chi connectivity index (χ2n) is 8.90. The van der Waals surface area contributed by atoms with E-state index < -0.39 is 11.7 Å². The number of hydrogen-bond acceptors (Lipinski definition) is 2. The molecule has 6 nitrogen and oxygen atoms in total. The highest BCUT2D eigenvalue weighted by atomic mass is 19.4. The zero-order valence-electron chi connectivity index (χ0n) is 19.3. The van der Waals surface area contributed by atoms with Crippen LogP contribution in [0.2, 0.25) is 0 Å². The summed E-state index contributed by atoms with van der Waals surface area (Å²) < 4.78 is 49.5. The molecule has 0 aliphatic rings. The fourth-order valence-electron chi connectivity index (χ4n) is 4.27. The monoisotopic (exact) mass is 466 g/mol. The first kappa shape index (κ1) is 22.1. The lowest BCUT2D eigenvalue weighted by atomic mass is 10.1. The van der Waals surface area contributed by atoms with Crippen LogP contribution in [0.1, 0.15) is 45.3 Å². The van der Waals surface area contributed by atoms with Gasteiger partial charge in [0.2, 0.25) is 0 Å². The molecule has 0 saturated carbocycles. The molecule has 0 fully saturated rings. The van der Waals surface area contributed by atoms with Crippen molar-refractivity contribution in [3.05, 3.63) is 73.1 Å². The van der Waals surface area contributed by atoms with E-state index in [4.69, 9.17) is 0 Å². The molecule has 9 heteroatoms. The van der Waals surface area contributed by atoms with Gasteiger partial charge >= 0.3 is 6.18 Å². The third kappa shape index (κ3) is 3.61. The topological polar surface area (TPSA) is 43.4 Å². The molecule has 0 bridgehead atoms. The minimum absolute atomic E-state index is 0.112. The first-order valence-electron chi connectivity index (χ1n) is 11.1. The number of benzene rings is 1. The maximum Gasteiger partial charge on any atom is 0.416 e. The predicted molar refractivity (Wildman–Crippen MR) is 122 cm³/mol. The normalized spacial score (nSPS) is 12.5. The van der Waals surface area contributed by atoms with Crippen molar-refractivity contribution in [2.24, 2.45) is 0 Å². The average molecular weight is 467 g/mol. The van der Waals surface area contributed by atoms with Crippen LogP contribution in [-0.4, -0.2) is 19.1 Å². The predicted octanol–water partition coefficient (Wildman–Crippen LogP) is 5.12. The van der Waals surface area contributed by atoms with E-state index in [0.717, 1.165) is 23.2 Å². The molecule has 0 unspecified atom stereocenters. The van der Waals surface area contributed by atoms with E-state index in [-0.39, 0.29) is 12.1 Å². The summed E-state index contributed by atoms with van der Waals surface area (Å²) in [7, 11) is 0. The van der Waals surface area contributed by atoms with Crippen LogP contribution in [0.15, 0.2) is 67.5 Å². The van der Waals surface area contributed by atoms with Crippen LogP contribution >= 0.6 is 0 Å². The second kappa shape index (κ2) is 7.93.